The van der Waals surface area contributed by atoms with Crippen LogP contribution < -0.4 is 4.90 Å². The van der Waals surface area contributed by atoms with Gasteiger partial charge in [-0.25, -0.2) is 0 Å². The van der Waals surface area contributed by atoms with Crippen molar-refractivity contribution in [3.05, 3.63) is 224 Å². The van der Waals surface area contributed by atoms with Gasteiger partial charge in [-0.3, -0.25) is 0 Å². The van der Waals surface area contributed by atoms with E-state index in [-0.39, 0.29) is 0 Å². The minimum Gasteiger partial charge on any atom is -0.310 e. The van der Waals surface area contributed by atoms with E-state index >= 15 is 0 Å². The average molecular weight is 780 g/mol. The molecule has 0 saturated heterocycles. The van der Waals surface area contributed by atoms with Crippen molar-refractivity contribution in [3.63, 3.8) is 0 Å². The minimum atomic E-state index is 1.11. The summed E-state index contributed by atoms with van der Waals surface area (Å²) >= 11 is 1.86. The van der Waals surface area contributed by atoms with Gasteiger partial charge in [0, 0.05) is 37.2 Å². The number of hydrogen-bond acceptors (Lipinski definition) is 2. The maximum atomic E-state index is 2.44. The molecule has 0 bridgehead atoms. The molecule has 2 heteroatoms. The molecule has 1 nitrogen and oxygen atoms in total. The number of nitrogens with zero attached hydrogens (tertiary/aromatic N) is 1. The van der Waals surface area contributed by atoms with Crippen LogP contribution in [0.1, 0.15) is 0 Å². The van der Waals surface area contributed by atoms with Crippen molar-refractivity contribution in [2.75, 3.05) is 4.90 Å². The highest BCUT2D eigenvalue weighted by molar-refractivity contribution is 7.25. The molecule has 1 heterocycles. The van der Waals surface area contributed by atoms with Crippen LogP contribution in [0.3, 0.4) is 0 Å². The van der Waals surface area contributed by atoms with Crippen LogP contribution in [0, 0.1) is 0 Å². The van der Waals surface area contributed by atoms with E-state index in [1.165, 1.54) is 96.6 Å². The van der Waals surface area contributed by atoms with Gasteiger partial charge in [0.15, 0.2) is 0 Å². The zero-order valence-corrected chi connectivity index (χ0v) is 33.5. The van der Waals surface area contributed by atoms with Gasteiger partial charge < -0.3 is 4.90 Å². The zero-order chi connectivity index (χ0) is 39.6. The smallest absolute Gasteiger partial charge is 0.0468 e. The summed E-state index contributed by atoms with van der Waals surface area (Å²) < 4.78 is 2.60. The first-order chi connectivity index (χ1) is 29.7. The van der Waals surface area contributed by atoms with Crippen molar-refractivity contribution in [1.82, 2.24) is 0 Å². The van der Waals surface area contributed by atoms with Crippen molar-refractivity contribution in [3.8, 4) is 33.4 Å². The number of hydrogen-bond donors (Lipinski definition) is 0. The maximum absolute atomic E-state index is 2.44. The van der Waals surface area contributed by atoms with E-state index in [4.69, 9.17) is 0 Å². The van der Waals surface area contributed by atoms with E-state index in [2.05, 4.69) is 229 Å². The number of anilines is 3. The largest absolute Gasteiger partial charge is 0.310 e. The second kappa shape index (κ2) is 14.1. The second-order valence-corrected chi connectivity index (χ2v) is 16.7. The summed E-state index contributed by atoms with van der Waals surface area (Å²) in [5.41, 5.74) is 10.7. The summed E-state index contributed by atoms with van der Waals surface area (Å²) in [5.74, 6) is 0. The molecular weight excluding hydrogens is 743 g/mol. The number of rotatable bonds is 6. The fourth-order valence-corrected chi connectivity index (χ4v) is 10.5. The van der Waals surface area contributed by atoms with Gasteiger partial charge in [0.1, 0.15) is 0 Å². The van der Waals surface area contributed by atoms with Crippen molar-refractivity contribution in [2.24, 2.45) is 0 Å². The molecule has 280 valence electrons. The van der Waals surface area contributed by atoms with E-state index < -0.39 is 0 Å². The molecule has 0 aliphatic rings. The highest BCUT2D eigenvalue weighted by atomic mass is 32.1. The third-order valence-electron chi connectivity index (χ3n) is 12.2. The Labute approximate surface area is 352 Å². The van der Waals surface area contributed by atoms with Crippen LogP contribution >= 0.6 is 11.3 Å². The number of fused-ring (bicyclic) bond motifs is 9. The lowest BCUT2D eigenvalue weighted by Gasteiger charge is -2.27. The summed E-state index contributed by atoms with van der Waals surface area (Å²) in [4.78, 5) is 2.44. The Hall–Kier alpha value is -7.52. The molecular formula is C58H37NS. The standard InChI is InChI=1S/C58H37NS/c1-3-14-40(15-4-1)57-52-21-10-9-19-49(52)50-33-30-45(37-54(50)58(57)41-16-5-2-6-17-41)59(46-31-34-56-53(36-46)51-20-11-12-22-55(51)60-56)44-28-25-38(26-29-44)42-27-32-48-43(35-42)24-23-39-13-7-8-18-47(39)48/h1-37H. The minimum absolute atomic E-state index is 1.11. The lowest BCUT2D eigenvalue weighted by Crippen LogP contribution is -2.10. The molecule has 1 aromatic heterocycles. The molecule has 11 aromatic carbocycles. The molecule has 0 radical (unpaired) electrons. The molecule has 0 saturated carbocycles. The fourth-order valence-electron chi connectivity index (χ4n) is 9.42. The Morgan fingerprint density at radius 2 is 0.750 bits per heavy atom. The fraction of sp³-hybridized carbons (Fsp3) is 0. The average Bonchev–Trinajstić information content (AvgIpc) is 3.70. The van der Waals surface area contributed by atoms with E-state index in [9.17, 15) is 0 Å². The summed E-state index contributed by atoms with van der Waals surface area (Å²) in [7, 11) is 0. The van der Waals surface area contributed by atoms with Crippen LogP contribution in [0.2, 0.25) is 0 Å². The Bertz CT molecular complexity index is 3590. The SMILES string of the molecule is c1ccc(-c2c(-c3ccccc3)c3cc(N(c4ccc(-c5ccc6c(ccc7ccccc76)c5)cc4)c4ccc5sc6ccccc6c5c4)ccc3c3ccccc23)cc1. The summed E-state index contributed by atoms with van der Waals surface area (Å²) in [6.45, 7) is 0. The molecule has 60 heavy (non-hydrogen) atoms. The molecule has 12 aromatic rings. The van der Waals surface area contributed by atoms with Gasteiger partial charge in [0.25, 0.3) is 0 Å². The maximum Gasteiger partial charge on any atom is 0.0468 e. The molecule has 0 aliphatic carbocycles. The monoisotopic (exact) mass is 779 g/mol. The van der Waals surface area contributed by atoms with Crippen LogP contribution in [0.5, 0.6) is 0 Å². The summed E-state index contributed by atoms with van der Waals surface area (Å²) in [6.07, 6.45) is 0. The quantitative estimate of drug-likeness (QED) is 0.152. The molecule has 0 spiro atoms. The molecule has 0 aliphatic heterocycles. The normalized spacial score (nSPS) is 11.7. The second-order valence-electron chi connectivity index (χ2n) is 15.6. The van der Waals surface area contributed by atoms with Gasteiger partial charge in [-0.15, -0.1) is 11.3 Å². The van der Waals surface area contributed by atoms with Crippen molar-refractivity contribution in [1.29, 1.82) is 0 Å². The highest BCUT2D eigenvalue weighted by Crippen LogP contribution is 2.48. The van der Waals surface area contributed by atoms with E-state index in [0.29, 0.717) is 0 Å². The molecule has 0 unspecified atom stereocenters. The van der Waals surface area contributed by atoms with Crippen molar-refractivity contribution in [2.45, 2.75) is 0 Å². The predicted molar refractivity (Wildman–Crippen MR) is 260 cm³/mol. The van der Waals surface area contributed by atoms with E-state index in [0.717, 1.165) is 17.1 Å². The van der Waals surface area contributed by atoms with E-state index in [1.807, 2.05) is 11.3 Å². The van der Waals surface area contributed by atoms with Gasteiger partial charge in [-0.2, -0.15) is 0 Å². The van der Waals surface area contributed by atoms with E-state index in [1.54, 1.807) is 0 Å². The Kier molecular flexibility index (Phi) is 8.11. The Morgan fingerprint density at radius 3 is 1.52 bits per heavy atom. The van der Waals surface area contributed by atoms with Crippen LogP contribution in [-0.2, 0) is 0 Å². The van der Waals surface area contributed by atoms with Gasteiger partial charge in [-0.05, 0) is 131 Å². The molecule has 0 fully saturated rings. The van der Waals surface area contributed by atoms with Gasteiger partial charge in [0.2, 0.25) is 0 Å². The first kappa shape index (κ1) is 34.5. The summed E-state index contributed by atoms with van der Waals surface area (Å²) in [6, 6.07) is 82.6. The highest BCUT2D eigenvalue weighted by Gasteiger charge is 2.21. The molecule has 0 atom stereocenters. The first-order valence-corrected chi connectivity index (χ1v) is 21.4. The third-order valence-corrected chi connectivity index (χ3v) is 13.4. The molecule has 0 amide bonds. The topological polar surface area (TPSA) is 3.24 Å². The third kappa shape index (κ3) is 5.68. The lowest BCUT2D eigenvalue weighted by atomic mass is 9.85. The van der Waals surface area contributed by atoms with Crippen LogP contribution in [-0.4, -0.2) is 0 Å². The predicted octanol–water partition coefficient (Wildman–Crippen LogP) is 17.1. The van der Waals surface area contributed by atoms with Crippen molar-refractivity contribution >= 4 is 91.7 Å². The van der Waals surface area contributed by atoms with Crippen molar-refractivity contribution < 1.29 is 0 Å². The van der Waals surface area contributed by atoms with Gasteiger partial charge in [-0.1, -0.05) is 170 Å². The lowest BCUT2D eigenvalue weighted by molar-refractivity contribution is 1.30. The zero-order valence-electron chi connectivity index (χ0n) is 32.7. The first-order valence-electron chi connectivity index (χ1n) is 20.6. The van der Waals surface area contributed by atoms with Crippen LogP contribution in [0.25, 0.3) is 96.6 Å². The Balaban J connectivity index is 1.08. The van der Waals surface area contributed by atoms with Gasteiger partial charge >= 0.3 is 0 Å². The Morgan fingerprint density at radius 1 is 0.250 bits per heavy atom. The number of thiophene rings is 1. The number of benzene rings is 11. The van der Waals surface area contributed by atoms with Crippen LogP contribution in [0.4, 0.5) is 17.1 Å². The molecule has 0 N–H and O–H groups in total. The summed E-state index contributed by atoms with van der Waals surface area (Å²) in [5, 5.41) is 12.6. The molecule has 12 rings (SSSR count). The van der Waals surface area contributed by atoms with Gasteiger partial charge in [0.05, 0.1) is 0 Å². The van der Waals surface area contributed by atoms with Crippen LogP contribution in [0.15, 0.2) is 224 Å².